The Bertz CT molecular complexity index is 2490. The predicted molar refractivity (Wildman–Crippen MR) is 229 cm³/mol. The molecule has 10 rings (SSSR count). The van der Waals surface area contributed by atoms with Gasteiger partial charge in [-0.25, -0.2) is 13.9 Å². The van der Waals surface area contributed by atoms with E-state index in [0.717, 1.165) is 92.4 Å². The first-order valence-corrected chi connectivity index (χ1v) is 21.5. The van der Waals surface area contributed by atoms with Gasteiger partial charge in [0, 0.05) is 80.3 Å². The Morgan fingerprint density at radius 2 is 1.77 bits per heavy atom. The number of carbonyl (C=O) groups is 3. The van der Waals surface area contributed by atoms with E-state index >= 15 is 0 Å². The molecule has 0 radical (unpaired) electrons. The first-order chi connectivity index (χ1) is 29.1. The van der Waals surface area contributed by atoms with Crippen LogP contribution in [0.4, 0.5) is 27.3 Å². The van der Waals surface area contributed by atoms with Crippen LogP contribution in [0.2, 0.25) is 5.02 Å². The molecule has 13 nitrogen and oxygen atoms in total. The second-order valence-electron chi connectivity index (χ2n) is 17.1. The summed E-state index contributed by atoms with van der Waals surface area (Å²) < 4.78 is 15.1. The van der Waals surface area contributed by atoms with Gasteiger partial charge in [0.2, 0.25) is 11.8 Å². The van der Waals surface area contributed by atoms with E-state index in [0.29, 0.717) is 41.2 Å². The van der Waals surface area contributed by atoms with E-state index in [1.54, 1.807) is 4.52 Å². The Morgan fingerprint density at radius 1 is 0.967 bits per heavy atom. The highest BCUT2D eigenvalue weighted by Crippen LogP contribution is 2.44. The lowest BCUT2D eigenvalue weighted by molar-refractivity contribution is -0.134. The van der Waals surface area contributed by atoms with Gasteiger partial charge in [0.1, 0.15) is 6.17 Å². The molecule has 3 atom stereocenters. The second-order valence-corrected chi connectivity index (χ2v) is 17.5. The van der Waals surface area contributed by atoms with Crippen molar-refractivity contribution in [3.8, 4) is 11.3 Å². The van der Waals surface area contributed by atoms with E-state index in [4.69, 9.17) is 21.7 Å². The number of hydrogen-bond acceptors (Lipinski definition) is 10. The first kappa shape index (κ1) is 38.6. The van der Waals surface area contributed by atoms with Gasteiger partial charge in [-0.05, 0) is 98.0 Å². The number of imide groups is 1. The largest absolute Gasteiger partial charge is 0.385 e. The van der Waals surface area contributed by atoms with Crippen LogP contribution in [0.15, 0.2) is 67.0 Å². The Kier molecular flexibility index (Phi) is 9.94. The first-order valence-electron chi connectivity index (χ1n) is 21.1. The third-order valence-corrected chi connectivity index (χ3v) is 13.8. The van der Waals surface area contributed by atoms with Crippen molar-refractivity contribution in [1.82, 2.24) is 35.1 Å². The molecule has 3 aromatic heterocycles. The van der Waals surface area contributed by atoms with Gasteiger partial charge < -0.3 is 20.4 Å². The van der Waals surface area contributed by atoms with E-state index in [2.05, 4.69) is 72.0 Å². The molecule has 2 aromatic carbocycles. The molecule has 3 amide bonds. The number of imidazole rings is 1. The van der Waals surface area contributed by atoms with Crippen molar-refractivity contribution in [3.05, 3.63) is 94.4 Å². The molecular formula is C45H48ClFN10O3. The summed E-state index contributed by atoms with van der Waals surface area (Å²) in [5.41, 5.74) is 9.28. The van der Waals surface area contributed by atoms with Crippen molar-refractivity contribution in [3.63, 3.8) is 0 Å². The topological polar surface area (TPSA) is 140 Å². The highest BCUT2D eigenvalue weighted by Gasteiger charge is 2.40. The third kappa shape index (κ3) is 7.23. The number of anilines is 4. The van der Waals surface area contributed by atoms with Crippen LogP contribution in [0.5, 0.6) is 0 Å². The van der Waals surface area contributed by atoms with Crippen molar-refractivity contribution in [2.75, 3.05) is 54.9 Å². The smallest absolute Gasteiger partial charge is 0.271 e. The summed E-state index contributed by atoms with van der Waals surface area (Å²) in [5.74, 6) is -0.568. The number of nitrogens with one attached hydrogen (secondary N) is 3. The number of amides is 3. The maximum atomic E-state index is 13.6. The summed E-state index contributed by atoms with van der Waals surface area (Å²) in [5, 5.41) is 13.8. The van der Waals surface area contributed by atoms with Crippen molar-refractivity contribution in [1.29, 1.82) is 0 Å². The quantitative estimate of drug-likeness (QED) is 0.143. The number of benzene rings is 2. The second kappa shape index (κ2) is 15.5. The SMILES string of the molecule is CNc1cc(N2CCc3c(-c4ccc(CN5CCC6(CC5)CCN(c5ccc(C7CCC(=O)NC7=O)c(Cl)c5)CC6)cn4)cccc32)nn2c(C(=O)N[C@@H]3C[C@@H]3F)cnc12. The molecule has 4 aliphatic heterocycles. The number of alkyl halides is 1. The highest BCUT2D eigenvalue weighted by atomic mass is 35.5. The van der Waals surface area contributed by atoms with E-state index in [9.17, 15) is 18.8 Å². The summed E-state index contributed by atoms with van der Waals surface area (Å²) in [6, 6.07) is 18.2. The zero-order chi connectivity index (χ0) is 41.1. The normalized spacial score (nSPS) is 22.6. The highest BCUT2D eigenvalue weighted by molar-refractivity contribution is 6.32. The van der Waals surface area contributed by atoms with Gasteiger partial charge in [-0.1, -0.05) is 35.9 Å². The van der Waals surface area contributed by atoms with Gasteiger partial charge in [-0.3, -0.25) is 29.6 Å². The Morgan fingerprint density at radius 3 is 2.48 bits per heavy atom. The molecule has 1 saturated carbocycles. The molecule has 1 spiro atoms. The zero-order valence-electron chi connectivity index (χ0n) is 33.6. The molecule has 3 saturated heterocycles. The van der Waals surface area contributed by atoms with Crippen LogP contribution in [0.1, 0.15) is 78.0 Å². The maximum Gasteiger partial charge on any atom is 0.271 e. The number of halogens is 2. The summed E-state index contributed by atoms with van der Waals surface area (Å²) in [7, 11) is 1.82. The lowest BCUT2D eigenvalue weighted by Gasteiger charge is -2.47. The van der Waals surface area contributed by atoms with Crippen LogP contribution in [-0.2, 0) is 22.6 Å². The number of carbonyl (C=O) groups excluding carboxylic acids is 3. The third-order valence-electron chi connectivity index (χ3n) is 13.5. The molecule has 7 heterocycles. The van der Waals surface area contributed by atoms with E-state index in [-0.39, 0.29) is 29.3 Å². The number of rotatable bonds is 9. The fraction of sp³-hybridized carbons (Fsp3) is 0.422. The molecule has 5 aromatic rings. The molecule has 1 unspecified atom stereocenters. The van der Waals surface area contributed by atoms with Crippen LogP contribution in [0.25, 0.3) is 16.9 Å². The molecular weight excluding hydrogens is 783 g/mol. The molecule has 310 valence electrons. The fourth-order valence-corrected chi connectivity index (χ4v) is 10.0. The van der Waals surface area contributed by atoms with Gasteiger partial charge in [-0.2, -0.15) is 0 Å². The summed E-state index contributed by atoms with van der Waals surface area (Å²) in [6.07, 6.45) is 9.15. The van der Waals surface area contributed by atoms with Gasteiger partial charge in [0.05, 0.1) is 29.5 Å². The number of pyridine rings is 1. The van der Waals surface area contributed by atoms with Gasteiger partial charge in [0.15, 0.2) is 17.2 Å². The molecule has 4 fully saturated rings. The lowest BCUT2D eigenvalue weighted by atomic mass is 9.71. The van der Waals surface area contributed by atoms with E-state index in [1.165, 1.54) is 30.2 Å². The van der Waals surface area contributed by atoms with Gasteiger partial charge >= 0.3 is 0 Å². The number of hydrogen-bond donors (Lipinski definition) is 3. The Labute approximate surface area is 352 Å². The number of likely N-dealkylation sites (tertiary alicyclic amines) is 1. The van der Waals surface area contributed by atoms with Crippen LogP contribution in [-0.4, -0.2) is 94.2 Å². The molecule has 15 heteroatoms. The van der Waals surface area contributed by atoms with Crippen molar-refractivity contribution in [2.24, 2.45) is 5.41 Å². The lowest BCUT2D eigenvalue weighted by Crippen LogP contribution is -2.46. The standard InChI is InChI=1S/C45H48ClFN10O3/c1-48-37-23-40(53-57-39(25-50-42(37)57)44(60)51-36-22-34(36)47)56-16-11-31-30(3-2-4-38(31)56)35-9-5-27(24-49-35)26-54-17-12-45(13-18-54)14-19-55(20-15-45)28-6-7-29(33(46)21-28)32-8-10-41(58)52-43(32)59/h2-7,9,21,23-25,32,34,36,48H,8,10-20,22,26H2,1H3,(H,51,60)(H,52,58,59)/t32?,34-,36+/m0/s1. The maximum absolute atomic E-state index is 13.6. The minimum atomic E-state index is -1.000. The summed E-state index contributed by atoms with van der Waals surface area (Å²) in [6.45, 7) is 5.69. The van der Waals surface area contributed by atoms with Crippen molar-refractivity contribution < 1.29 is 18.8 Å². The average molecular weight is 831 g/mol. The van der Waals surface area contributed by atoms with Crippen LogP contribution in [0, 0.1) is 5.41 Å². The number of fused-ring (bicyclic) bond motifs is 2. The molecule has 0 bridgehead atoms. The molecule has 5 aliphatic rings. The molecule has 3 N–H and O–H groups in total. The predicted octanol–water partition coefficient (Wildman–Crippen LogP) is 6.42. The average Bonchev–Trinajstić information content (AvgIpc) is 3.57. The monoisotopic (exact) mass is 830 g/mol. The summed E-state index contributed by atoms with van der Waals surface area (Å²) in [4.78, 5) is 53.7. The Balaban J connectivity index is 0.762. The number of nitrogens with zero attached hydrogens (tertiary/aromatic N) is 7. The minimum Gasteiger partial charge on any atom is -0.385 e. The minimum absolute atomic E-state index is 0.219. The van der Waals surface area contributed by atoms with E-state index < -0.39 is 12.2 Å². The zero-order valence-corrected chi connectivity index (χ0v) is 34.3. The van der Waals surface area contributed by atoms with Crippen LogP contribution in [0.3, 0.4) is 0 Å². The summed E-state index contributed by atoms with van der Waals surface area (Å²) >= 11 is 6.72. The van der Waals surface area contributed by atoms with Crippen molar-refractivity contribution in [2.45, 2.75) is 76.0 Å². The van der Waals surface area contributed by atoms with Gasteiger partial charge in [-0.15, -0.1) is 5.10 Å². The number of aromatic nitrogens is 4. The van der Waals surface area contributed by atoms with Crippen molar-refractivity contribution >= 4 is 57.8 Å². The van der Waals surface area contributed by atoms with Crippen LogP contribution >= 0.6 is 11.6 Å². The van der Waals surface area contributed by atoms with Crippen LogP contribution < -0.4 is 25.8 Å². The number of piperidine rings is 3. The molecule has 60 heavy (non-hydrogen) atoms. The molecule has 1 aliphatic carbocycles. The Hall–Kier alpha value is -5.60. The van der Waals surface area contributed by atoms with Gasteiger partial charge in [0.25, 0.3) is 5.91 Å². The fourth-order valence-electron chi connectivity index (χ4n) is 9.74. The van der Waals surface area contributed by atoms with E-state index in [1.807, 2.05) is 31.4 Å².